The molecule has 0 unspecified atom stereocenters. The number of nitrogens with zero attached hydrogens (tertiary/aromatic N) is 2. The lowest BCUT2D eigenvalue weighted by molar-refractivity contribution is 0.0772. The molecule has 0 fully saturated rings. The van der Waals surface area contributed by atoms with Gasteiger partial charge in [-0.15, -0.1) is 0 Å². The van der Waals surface area contributed by atoms with Gasteiger partial charge in [0.1, 0.15) is 11.3 Å². The Morgan fingerprint density at radius 2 is 1.89 bits per heavy atom. The SMILES string of the molecule is CCN(CC)C(=O)c1cnc2c(F)cc(F)cc2c1. The molecule has 0 aliphatic rings. The zero-order valence-electron chi connectivity index (χ0n) is 10.8. The van der Waals surface area contributed by atoms with E-state index in [1.807, 2.05) is 13.8 Å². The van der Waals surface area contributed by atoms with E-state index in [0.29, 0.717) is 18.7 Å². The lowest BCUT2D eigenvalue weighted by atomic mass is 10.1. The van der Waals surface area contributed by atoms with E-state index in [1.165, 1.54) is 18.3 Å². The molecule has 2 aromatic rings. The molecule has 0 radical (unpaired) electrons. The molecule has 0 spiro atoms. The summed E-state index contributed by atoms with van der Waals surface area (Å²) in [5, 5.41) is 0.288. The second-order valence-electron chi connectivity index (χ2n) is 4.16. The maximum atomic E-state index is 13.5. The molecule has 0 aliphatic carbocycles. The number of carbonyl (C=O) groups is 1. The van der Waals surface area contributed by atoms with Gasteiger partial charge in [0.15, 0.2) is 5.82 Å². The minimum absolute atomic E-state index is 0.0671. The average Bonchev–Trinajstić information content (AvgIpc) is 2.39. The van der Waals surface area contributed by atoms with E-state index >= 15 is 0 Å². The summed E-state index contributed by atoms with van der Waals surface area (Å²) in [6.45, 7) is 4.89. The fourth-order valence-corrected chi connectivity index (χ4v) is 1.98. The number of benzene rings is 1. The summed E-state index contributed by atoms with van der Waals surface area (Å²) in [4.78, 5) is 17.6. The van der Waals surface area contributed by atoms with Crippen molar-refractivity contribution < 1.29 is 13.6 Å². The Bertz CT molecular complexity index is 624. The Labute approximate surface area is 109 Å². The summed E-state index contributed by atoms with van der Waals surface area (Å²) < 4.78 is 26.6. The number of halogens is 2. The number of carbonyl (C=O) groups excluding carboxylic acids is 1. The number of amides is 1. The molecule has 0 saturated carbocycles. The summed E-state index contributed by atoms with van der Waals surface area (Å²) in [6.07, 6.45) is 1.32. The summed E-state index contributed by atoms with van der Waals surface area (Å²) in [5.41, 5.74) is 0.402. The van der Waals surface area contributed by atoms with Gasteiger partial charge in [0.25, 0.3) is 5.91 Å². The molecule has 1 aromatic carbocycles. The smallest absolute Gasteiger partial charge is 0.255 e. The van der Waals surface area contributed by atoms with E-state index in [4.69, 9.17) is 0 Å². The van der Waals surface area contributed by atoms with Crippen molar-refractivity contribution in [3.05, 3.63) is 41.6 Å². The van der Waals surface area contributed by atoms with E-state index in [2.05, 4.69) is 4.98 Å². The summed E-state index contributed by atoms with van der Waals surface area (Å²) >= 11 is 0. The van der Waals surface area contributed by atoms with E-state index in [-0.39, 0.29) is 16.8 Å². The Kier molecular flexibility index (Phi) is 3.74. The quantitative estimate of drug-likeness (QED) is 0.853. The van der Waals surface area contributed by atoms with Crippen LogP contribution < -0.4 is 0 Å². The van der Waals surface area contributed by atoms with Gasteiger partial charge in [-0.2, -0.15) is 0 Å². The molecule has 0 N–H and O–H groups in total. The number of pyridine rings is 1. The van der Waals surface area contributed by atoms with Gasteiger partial charge in [-0.25, -0.2) is 8.78 Å². The third-order valence-electron chi connectivity index (χ3n) is 3.00. The number of fused-ring (bicyclic) bond motifs is 1. The molecule has 5 heteroatoms. The average molecular weight is 264 g/mol. The highest BCUT2D eigenvalue weighted by Gasteiger charge is 2.14. The highest BCUT2D eigenvalue weighted by molar-refractivity contribution is 5.97. The first-order chi connectivity index (χ1) is 9.06. The zero-order valence-corrected chi connectivity index (χ0v) is 10.8. The van der Waals surface area contributed by atoms with Crippen LogP contribution in [0.25, 0.3) is 10.9 Å². The van der Waals surface area contributed by atoms with Crippen LogP contribution in [0.4, 0.5) is 8.78 Å². The van der Waals surface area contributed by atoms with Crippen LogP contribution in [0.3, 0.4) is 0 Å². The standard InChI is InChI=1S/C14H14F2N2O/c1-3-18(4-2)14(19)10-5-9-6-11(15)7-12(16)13(9)17-8-10/h5-8H,3-4H2,1-2H3. The molecule has 2 rings (SSSR count). The largest absolute Gasteiger partial charge is 0.339 e. The highest BCUT2D eigenvalue weighted by Crippen LogP contribution is 2.19. The van der Waals surface area contributed by atoms with Crippen molar-refractivity contribution in [1.29, 1.82) is 0 Å². The molecular formula is C14H14F2N2O. The maximum Gasteiger partial charge on any atom is 0.255 e. The molecule has 19 heavy (non-hydrogen) atoms. The Morgan fingerprint density at radius 1 is 1.21 bits per heavy atom. The topological polar surface area (TPSA) is 33.2 Å². The van der Waals surface area contributed by atoms with E-state index < -0.39 is 11.6 Å². The van der Waals surface area contributed by atoms with Crippen LogP contribution >= 0.6 is 0 Å². The lowest BCUT2D eigenvalue weighted by Gasteiger charge is -2.18. The van der Waals surface area contributed by atoms with Gasteiger partial charge in [0.2, 0.25) is 0 Å². The van der Waals surface area contributed by atoms with E-state index in [1.54, 1.807) is 4.90 Å². The zero-order chi connectivity index (χ0) is 14.0. The van der Waals surface area contributed by atoms with Crippen molar-refractivity contribution in [2.45, 2.75) is 13.8 Å². The second kappa shape index (κ2) is 5.30. The predicted octanol–water partition coefficient (Wildman–Crippen LogP) is 3.00. The number of aromatic nitrogens is 1. The summed E-state index contributed by atoms with van der Waals surface area (Å²) in [5.74, 6) is -1.60. The van der Waals surface area contributed by atoms with Gasteiger partial charge >= 0.3 is 0 Å². The van der Waals surface area contributed by atoms with Crippen LogP contribution in [0.5, 0.6) is 0 Å². The first kappa shape index (κ1) is 13.4. The van der Waals surface area contributed by atoms with Gasteiger partial charge in [-0.1, -0.05) is 0 Å². The monoisotopic (exact) mass is 264 g/mol. The van der Waals surface area contributed by atoms with Crippen LogP contribution in [0.1, 0.15) is 24.2 Å². The maximum absolute atomic E-state index is 13.5. The van der Waals surface area contributed by atoms with Crippen LogP contribution in [0.2, 0.25) is 0 Å². The van der Waals surface area contributed by atoms with Gasteiger partial charge < -0.3 is 4.90 Å². The number of hydrogen-bond donors (Lipinski definition) is 0. The minimum Gasteiger partial charge on any atom is -0.339 e. The fourth-order valence-electron chi connectivity index (χ4n) is 1.98. The van der Waals surface area contributed by atoms with Crippen molar-refractivity contribution >= 4 is 16.8 Å². The first-order valence-corrected chi connectivity index (χ1v) is 6.10. The Morgan fingerprint density at radius 3 is 2.53 bits per heavy atom. The highest BCUT2D eigenvalue weighted by atomic mass is 19.1. The molecule has 0 saturated heterocycles. The van der Waals surface area contributed by atoms with Crippen molar-refractivity contribution in [2.24, 2.45) is 0 Å². The summed E-state index contributed by atoms with van der Waals surface area (Å²) in [7, 11) is 0. The third kappa shape index (κ3) is 2.54. The second-order valence-corrected chi connectivity index (χ2v) is 4.16. The van der Waals surface area contributed by atoms with Gasteiger partial charge in [-0.05, 0) is 26.0 Å². The molecule has 1 aromatic heterocycles. The van der Waals surface area contributed by atoms with Crippen LogP contribution in [-0.2, 0) is 0 Å². The van der Waals surface area contributed by atoms with E-state index in [9.17, 15) is 13.6 Å². The van der Waals surface area contributed by atoms with Crippen molar-refractivity contribution in [3.63, 3.8) is 0 Å². The van der Waals surface area contributed by atoms with Crippen LogP contribution in [0, 0.1) is 11.6 Å². The normalized spacial score (nSPS) is 10.7. The minimum atomic E-state index is -0.725. The van der Waals surface area contributed by atoms with Crippen molar-refractivity contribution in [2.75, 3.05) is 13.1 Å². The molecule has 0 bridgehead atoms. The predicted molar refractivity (Wildman–Crippen MR) is 68.9 cm³/mol. The molecule has 1 heterocycles. The third-order valence-corrected chi connectivity index (χ3v) is 3.00. The Hall–Kier alpha value is -2.04. The number of rotatable bonds is 3. The molecule has 3 nitrogen and oxygen atoms in total. The van der Waals surface area contributed by atoms with Crippen LogP contribution in [0.15, 0.2) is 24.4 Å². The molecule has 1 amide bonds. The molecule has 0 aliphatic heterocycles. The molecule has 0 atom stereocenters. The van der Waals surface area contributed by atoms with Gasteiger partial charge in [-0.3, -0.25) is 9.78 Å². The fraction of sp³-hybridized carbons (Fsp3) is 0.286. The van der Waals surface area contributed by atoms with Gasteiger partial charge in [0, 0.05) is 30.7 Å². The van der Waals surface area contributed by atoms with Crippen molar-refractivity contribution in [3.8, 4) is 0 Å². The number of hydrogen-bond acceptors (Lipinski definition) is 2. The van der Waals surface area contributed by atoms with Crippen LogP contribution in [-0.4, -0.2) is 28.9 Å². The van der Waals surface area contributed by atoms with Crippen molar-refractivity contribution in [1.82, 2.24) is 9.88 Å². The first-order valence-electron chi connectivity index (χ1n) is 6.10. The summed E-state index contributed by atoms with van der Waals surface area (Å²) in [6, 6.07) is 3.42. The lowest BCUT2D eigenvalue weighted by Crippen LogP contribution is -2.30. The van der Waals surface area contributed by atoms with E-state index in [0.717, 1.165) is 6.07 Å². The molecule has 100 valence electrons. The Balaban J connectivity index is 2.49. The molecular weight excluding hydrogens is 250 g/mol. The van der Waals surface area contributed by atoms with Gasteiger partial charge in [0.05, 0.1) is 5.56 Å².